The first-order chi connectivity index (χ1) is 13.9. The Morgan fingerprint density at radius 1 is 0.828 bits per heavy atom. The molecule has 4 aromatic rings. The second kappa shape index (κ2) is 7.55. The number of benzene rings is 3. The van der Waals surface area contributed by atoms with Crippen LogP contribution in [0.2, 0.25) is 0 Å². The average Bonchev–Trinajstić information content (AvgIpc) is 2.73. The van der Waals surface area contributed by atoms with Gasteiger partial charge in [-0.05, 0) is 35.2 Å². The maximum absolute atomic E-state index is 5.34. The summed E-state index contributed by atoms with van der Waals surface area (Å²) in [5.41, 5.74) is 4.22. The summed E-state index contributed by atoms with van der Waals surface area (Å²) in [7, 11) is 1.67. The Morgan fingerprint density at radius 2 is 1.59 bits per heavy atom. The quantitative estimate of drug-likeness (QED) is 0.446. The normalized spacial score (nSPS) is 11.4. The molecule has 146 valence electrons. The zero-order valence-corrected chi connectivity index (χ0v) is 17.2. The third kappa shape index (κ3) is 4.06. The molecule has 0 aliphatic rings. The van der Waals surface area contributed by atoms with E-state index in [-0.39, 0.29) is 5.41 Å². The summed E-state index contributed by atoms with van der Waals surface area (Å²) in [5.74, 6) is 2.28. The van der Waals surface area contributed by atoms with E-state index >= 15 is 0 Å². The summed E-state index contributed by atoms with van der Waals surface area (Å²) in [5, 5.41) is 4.41. The van der Waals surface area contributed by atoms with Crippen LogP contribution in [0.5, 0.6) is 5.75 Å². The molecule has 0 aliphatic carbocycles. The highest BCUT2D eigenvalue weighted by Gasteiger charge is 2.15. The van der Waals surface area contributed by atoms with Gasteiger partial charge in [0.1, 0.15) is 11.6 Å². The van der Waals surface area contributed by atoms with Gasteiger partial charge >= 0.3 is 0 Å². The number of fused-ring (bicyclic) bond motifs is 1. The second-order valence-corrected chi connectivity index (χ2v) is 8.10. The molecule has 0 spiro atoms. The topological polar surface area (TPSA) is 47.0 Å². The Hall–Kier alpha value is -3.40. The van der Waals surface area contributed by atoms with E-state index in [0.717, 1.165) is 33.7 Å². The average molecular weight is 383 g/mol. The Balaban J connectivity index is 1.78. The number of nitrogens with zero attached hydrogens (tertiary/aromatic N) is 2. The van der Waals surface area contributed by atoms with Gasteiger partial charge in [-0.3, -0.25) is 0 Å². The van der Waals surface area contributed by atoms with Crippen molar-refractivity contribution < 1.29 is 4.74 Å². The standard InChI is InChI=1S/C25H25N3O/c1-25(2,3)18-14-12-17(13-15-18)23-27-22-11-6-5-10-21(22)24(28-23)26-19-8-7-9-20(16-19)29-4/h5-16H,1-4H3,(H,26,27,28). The first-order valence-corrected chi connectivity index (χ1v) is 9.73. The van der Waals surface area contributed by atoms with Crippen molar-refractivity contribution in [2.24, 2.45) is 0 Å². The lowest BCUT2D eigenvalue weighted by atomic mass is 9.87. The van der Waals surface area contributed by atoms with Crippen LogP contribution in [0.3, 0.4) is 0 Å². The van der Waals surface area contributed by atoms with Crippen LogP contribution in [-0.4, -0.2) is 17.1 Å². The molecule has 29 heavy (non-hydrogen) atoms. The number of rotatable bonds is 4. The Morgan fingerprint density at radius 3 is 2.31 bits per heavy atom. The van der Waals surface area contributed by atoms with Crippen LogP contribution in [0.25, 0.3) is 22.3 Å². The summed E-state index contributed by atoms with van der Waals surface area (Å²) in [6, 6.07) is 24.4. The maximum atomic E-state index is 5.34. The van der Waals surface area contributed by atoms with Crippen molar-refractivity contribution in [1.29, 1.82) is 0 Å². The lowest BCUT2D eigenvalue weighted by Gasteiger charge is -2.19. The number of ether oxygens (including phenoxy) is 1. The largest absolute Gasteiger partial charge is 0.497 e. The summed E-state index contributed by atoms with van der Waals surface area (Å²) in [6.45, 7) is 6.64. The molecule has 0 bridgehead atoms. The number of hydrogen-bond acceptors (Lipinski definition) is 4. The van der Waals surface area contributed by atoms with E-state index in [1.54, 1.807) is 7.11 Å². The van der Waals surface area contributed by atoms with Crippen LogP contribution in [-0.2, 0) is 5.41 Å². The van der Waals surface area contributed by atoms with Crippen molar-refractivity contribution in [3.63, 3.8) is 0 Å². The lowest BCUT2D eigenvalue weighted by molar-refractivity contribution is 0.415. The van der Waals surface area contributed by atoms with E-state index in [9.17, 15) is 0 Å². The monoisotopic (exact) mass is 383 g/mol. The van der Waals surface area contributed by atoms with Gasteiger partial charge in [0, 0.05) is 22.7 Å². The molecule has 3 aromatic carbocycles. The first-order valence-electron chi connectivity index (χ1n) is 9.73. The number of anilines is 2. The zero-order valence-electron chi connectivity index (χ0n) is 17.2. The van der Waals surface area contributed by atoms with Crippen molar-refractivity contribution in [1.82, 2.24) is 9.97 Å². The summed E-state index contributed by atoms with van der Waals surface area (Å²) < 4.78 is 5.34. The first kappa shape index (κ1) is 18.9. The summed E-state index contributed by atoms with van der Waals surface area (Å²) in [4.78, 5) is 9.65. The van der Waals surface area contributed by atoms with Gasteiger partial charge in [0.25, 0.3) is 0 Å². The molecule has 0 radical (unpaired) electrons. The minimum absolute atomic E-state index is 0.113. The fourth-order valence-corrected chi connectivity index (χ4v) is 3.26. The highest BCUT2D eigenvalue weighted by molar-refractivity contribution is 5.92. The Labute approximate surface area is 171 Å². The highest BCUT2D eigenvalue weighted by atomic mass is 16.5. The van der Waals surface area contributed by atoms with Crippen molar-refractivity contribution >= 4 is 22.4 Å². The van der Waals surface area contributed by atoms with Crippen LogP contribution in [0.15, 0.2) is 72.8 Å². The van der Waals surface area contributed by atoms with Gasteiger partial charge in [0.2, 0.25) is 0 Å². The zero-order chi connectivity index (χ0) is 20.4. The fraction of sp³-hybridized carbons (Fsp3) is 0.200. The molecule has 1 N–H and O–H groups in total. The number of nitrogens with one attached hydrogen (secondary N) is 1. The van der Waals surface area contributed by atoms with Crippen LogP contribution in [0.1, 0.15) is 26.3 Å². The second-order valence-electron chi connectivity index (χ2n) is 8.10. The van der Waals surface area contributed by atoms with E-state index in [2.05, 4.69) is 50.4 Å². The van der Waals surface area contributed by atoms with Gasteiger partial charge in [-0.1, -0.05) is 63.2 Å². The minimum Gasteiger partial charge on any atom is -0.497 e. The van der Waals surface area contributed by atoms with E-state index in [1.807, 2.05) is 48.5 Å². The van der Waals surface area contributed by atoms with Gasteiger partial charge in [-0.2, -0.15) is 0 Å². The van der Waals surface area contributed by atoms with Crippen molar-refractivity contribution in [2.45, 2.75) is 26.2 Å². The predicted molar refractivity (Wildman–Crippen MR) is 120 cm³/mol. The molecule has 0 atom stereocenters. The minimum atomic E-state index is 0.113. The van der Waals surface area contributed by atoms with Crippen LogP contribution < -0.4 is 10.1 Å². The van der Waals surface area contributed by atoms with E-state index in [1.165, 1.54) is 5.56 Å². The molecule has 1 heterocycles. The third-order valence-electron chi connectivity index (χ3n) is 4.94. The van der Waals surface area contributed by atoms with Crippen molar-refractivity contribution in [2.75, 3.05) is 12.4 Å². The number of methoxy groups -OCH3 is 1. The van der Waals surface area contributed by atoms with Crippen molar-refractivity contribution in [3.8, 4) is 17.1 Å². The highest BCUT2D eigenvalue weighted by Crippen LogP contribution is 2.30. The molecule has 4 heteroatoms. The smallest absolute Gasteiger partial charge is 0.162 e. The summed E-state index contributed by atoms with van der Waals surface area (Å²) >= 11 is 0. The van der Waals surface area contributed by atoms with Gasteiger partial charge in [0.05, 0.1) is 12.6 Å². The molecular weight excluding hydrogens is 358 g/mol. The molecular formula is C25H25N3O. The van der Waals surface area contributed by atoms with E-state index in [0.29, 0.717) is 5.82 Å². The van der Waals surface area contributed by atoms with Gasteiger partial charge in [0.15, 0.2) is 5.82 Å². The van der Waals surface area contributed by atoms with Gasteiger partial charge < -0.3 is 10.1 Å². The number of aromatic nitrogens is 2. The fourth-order valence-electron chi connectivity index (χ4n) is 3.26. The molecule has 0 fully saturated rings. The molecule has 4 rings (SSSR count). The van der Waals surface area contributed by atoms with Gasteiger partial charge in [-0.15, -0.1) is 0 Å². The number of hydrogen-bond donors (Lipinski definition) is 1. The van der Waals surface area contributed by atoms with Crippen LogP contribution in [0, 0.1) is 0 Å². The van der Waals surface area contributed by atoms with Crippen molar-refractivity contribution in [3.05, 3.63) is 78.4 Å². The molecule has 0 saturated heterocycles. The van der Waals surface area contributed by atoms with Crippen LogP contribution in [0.4, 0.5) is 11.5 Å². The number of para-hydroxylation sites is 1. The van der Waals surface area contributed by atoms with E-state index in [4.69, 9.17) is 14.7 Å². The van der Waals surface area contributed by atoms with Gasteiger partial charge in [-0.25, -0.2) is 9.97 Å². The SMILES string of the molecule is COc1cccc(Nc2nc(-c3ccc(C(C)(C)C)cc3)nc3ccccc23)c1. The third-order valence-corrected chi connectivity index (χ3v) is 4.94. The molecule has 0 amide bonds. The molecule has 1 aromatic heterocycles. The lowest BCUT2D eigenvalue weighted by Crippen LogP contribution is -2.10. The molecule has 0 aliphatic heterocycles. The maximum Gasteiger partial charge on any atom is 0.162 e. The predicted octanol–water partition coefficient (Wildman–Crippen LogP) is 6.35. The molecule has 0 saturated carbocycles. The summed E-state index contributed by atoms with van der Waals surface area (Å²) in [6.07, 6.45) is 0. The Bertz CT molecular complexity index is 1140. The Kier molecular flexibility index (Phi) is 4.93. The van der Waals surface area contributed by atoms with Crippen LogP contribution >= 0.6 is 0 Å². The molecule has 4 nitrogen and oxygen atoms in total. The molecule has 0 unspecified atom stereocenters. The van der Waals surface area contributed by atoms with E-state index < -0.39 is 0 Å².